The minimum Gasteiger partial charge on any atom is -0.489 e. The number of piperidine rings is 1. The number of aromatic nitrogens is 3. The maximum absolute atomic E-state index is 14.2. The molecule has 5 heterocycles. The van der Waals surface area contributed by atoms with Gasteiger partial charge in [0.15, 0.2) is 5.78 Å². The van der Waals surface area contributed by atoms with E-state index in [0.717, 1.165) is 37.4 Å². The van der Waals surface area contributed by atoms with Gasteiger partial charge in [-0.2, -0.15) is 4.98 Å². The molecule has 0 amide bonds. The van der Waals surface area contributed by atoms with Crippen LogP contribution in [0.1, 0.15) is 47.6 Å². The van der Waals surface area contributed by atoms with Crippen molar-refractivity contribution in [2.75, 3.05) is 44.4 Å². The molecule has 0 spiro atoms. The summed E-state index contributed by atoms with van der Waals surface area (Å²) in [5.41, 5.74) is 2.49. The summed E-state index contributed by atoms with van der Waals surface area (Å²) in [6, 6.07) is 17.7. The van der Waals surface area contributed by atoms with Gasteiger partial charge < -0.3 is 19.7 Å². The normalized spacial score (nSPS) is 21.1. The Hall–Kier alpha value is -3.73. The largest absolute Gasteiger partial charge is 0.489 e. The van der Waals surface area contributed by atoms with Crippen LogP contribution in [-0.4, -0.2) is 70.4 Å². The van der Waals surface area contributed by atoms with Crippen LogP contribution in [0, 0.1) is 5.92 Å². The summed E-state index contributed by atoms with van der Waals surface area (Å²) in [5, 5.41) is 3.98. The molecule has 0 bridgehead atoms. The third kappa shape index (κ3) is 6.11. The second-order valence-corrected chi connectivity index (χ2v) is 13.1. The Morgan fingerprint density at radius 2 is 1.91 bits per heavy atom. The zero-order chi connectivity index (χ0) is 30.0. The first-order valence-electron chi connectivity index (χ1n) is 15.5. The maximum atomic E-state index is 14.2. The number of carbonyl (C=O) groups is 1. The SMILES string of the molecule is CN1CCCC(Oc2ccc(Nc3ncc4cc(C(=O)C5CCOCC5)c(=O)n(C5CSc6ccccc6C5)c4n3)cc2)C1. The Balaban J connectivity index is 1.20. The zero-order valence-corrected chi connectivity index (χ0v) is 25.7. The monoisotopic (exact) mass is 611 g/mol. The molecule has 10 heteroatoms. The van der Waals surface area contributed by atoms with Crippen LogP contribution < -0.4 is 15.6 Å². The minimum absolute atomic E-state index is 0.109. The van der Waals surface area contributed by atoms with Crippen LogP contribution in [0.15, 0.2) is 70.5 Å². The summed E-state index contributed by atoms with van der Waals surface area (Å²) >= 11 is 1.74. The number of Topliss-reactive ketones (excluding diaryl/α,β-unsaturated/α-hetero) is 1. The number of benzene rings is 2. The summed E-state index contributed by atoms with van der Waals surface area (Å²) in [6.07, 6.45) is 6.06. The molecule has 2 saturated heterocycles. The topological polar surface area (TPSA) is 98.6 Å². The molecule has 44 heavy (non-hydrogen) atoms. The number of nitrogens with one attached hydrogen (secondary N) is 1. The second-order valence-electron chi connectivity index (χ2n) is 12.0. The lowest BCUT2D eigenvalue weighted by Gasteiger charge is -2.30. The van der Waals surface area contributed by atoms with Gasteiger partial charge in [0.05, 0.1) is 11.6 Å². The summed E-state index contributed by atoms with van der Waals surface area (Å²) < 4.78 is 13.4. The lowest BCUT2D eigenvalue weighted by molar-refractivity contribution is 0.0543. The van der Waals surface area contributed by atoms with Crippen molar-refractivity contribution in [2.45, 2.75) is 49.1 Å². The minimum atomic E-state index is -0.279. The van der Waals surface area contributed by atoms with E-state index in [1.807, 2.05) is 36.4 Å². The molecule has 1 N–H and O–H groups in total. The van der Waals surface area contributed by atoms with Crippen molar-refractivity contribution >= 4 is 40.2 Å². The van der Waals surface area contributed by atoms with Crippen LogP contribution in [0.5, 0.6) is 5.75 Å². The quantitative estimate of drug-likeness (QED) is 0.272. The van der Waals surface area contributed by atoms with Gasteiger partial charge in [-0.05, 0) is 87.7 Å². The highest BCUT2D eigenvalue weighted by Gasteiger charge is 2.30. The van der Waals surface area contributed by atoms with Crippen LogP contribution in [0.25, 0.3) is 11.0 Å². The number of likely N-dealkylation sites (tertiary alicyclic amines) is 1. The van der Waals surface area contributed by atoms with Crippen LogP contribution in [-0.2, 0) is 11.2 Å². The molecule has 9 nitrogen and oxygen atoms in total. The first-order valence-corrected chi connectivity index (χ1v) is 16.5. The third-order valence-corrected chi connectivity index (χ3v) is 10.1. The van der Waals surface area contributed by atoms with Crippen molar-refractivity contribution in [2.24, 2.45) is 5.92 Å². The molecular weight excluding hydrogens is 574 g/mol. The van der Waals surface area contributed by atoms with Gasteiger partial charge in [0.1, 0.15) is 17.5 Å². The molecule has 3 aliphatic rings. The Bertz CT molecular complexity index is 1720. The van der Waals surface area contributed by atoms with E-state index in [2.05, 4.69) is 34.4 Å². The van der Waals surface area contributed by atoms with Crippen molar-refractivity contribution in [1.82, 2.24) is 19.4 Å². The Labute approximate surface area is 261 Å². The molecular formula is C34H37N5O4S. The van der Waals surface area contributed by atoms with Gasteiger partial charge >= 0.3 is 0 Å². The molecule has 2 aromatic heterocycles. The van der Waals surface area contributed by atoms with E-state index in [4.69, 9.17) is 14.5 Å². The lowest BCUT2D eigenvalue weighted by atomic mass is 9.91. The molecule has 2 unspecified atom stereocenters. The molecule has 2 atom stereocenters. The lowest BCUT2D eigenvalue weighted by Crippen LogP contribution is -2.38. The number of rotatable bonds is 7. The summed E-state index contributed by atoms with van der Waals surface area (Å²) in [5.74, 6) is 1.62. The summed E-state index contributed by atoms with van der Waals surface area (Å²) in [4.78, 5) is 40.8. The maximum Gasteiger partial charge on any atom is 0.263 e. The van der Waals surface area contributed by atoms with Crippen LogP contribution in [0.2, 0.25) is 0 Å². The second kappa shape index (κ2) is 12.7. The Morgan fingerprint density at radius 1 is 1.09 bits per heavy atom. The molecule has 0 saturated carbocycles. The number of nitrogens with zero attached hydrogens (tertiary/aromatic N) is 4. The van der Waals surface area contributed by atoms with Gasteiger partial charge in [0.25, 0.3) is 5.56 Å². The molecule has 228 valence electrons. The van der Waals surface area contributed by atoms with Gasteiger partial charge in [-0.15, -0.1) is 11.8 Å². The fraction of sp³-hybridized carbons (Fsp3) is 0.412. The fourth-order valence-corrected chi connectivity index (χ4v) is 7.66. The smallest absolute Gasteiger partial charge is 0.263 e. The molecule has 2 fully saturated rings. The van der Waals surface area contributed by atoms with E-state index >= 15 is 0 Å². The molecule has 0 aliphatic carbocycles. The third-order valence-electron chi connectivity index (χ3n) is 8.85. The van der Waals surface area contributed by atoms with E-state index in [9.17, 15) is 9.59 Å². The molecule has 7 rings (SSSR count). The first kappa shape index (κ1) is 29.0. The van der Waals surface area contributed by atoms with Gasteiger partial charge in [-0.3, -0.25) is 14.2 Å². The number of ketones is 1. The van der Waals surface area contributed by atoms with Gasteiger partial charge in [0, 0.05) is 53.6 Å². The Kier molecular flexibility index (Phi) is 8.38. The van der Waals surface area contributed by atoms with Crippen molar-refractivity contribution in [3.05, 3.63) is 82.3 Å². The summed E-state index contributed by atoms with van der Waals surface area (Å²) in [6.45, 7) is 3.12. The zero-order valence-electron chi connectivity index (χ0n) is 24.9. The number of likely N-dealkylation sites (N-methyl/N-ethyl adjacent to an activating group) is 1. The van der Waals surface area contributed by atoms with Crippen LogP contribution in [0.4, 0.5) is 11.6 Å². The highest BCUT2D eigenvalue weighted by Crippen LogP contribution is 2.36. The molecule has 3 aliphatic heterocycles. The predicted octanol–water partition coefficient (Wildman–Crippen LogP) is 5.51. The number of fused-ring (bicyclic) bond motifs is 2. The van der Waals surface area contributed by atoms with Gasteiger partial charge in [-0.25, -0.2) is 4.98 Å². The van der Waals surface area contributed by atoms with Crippen molar-refractivity contribution < 1.29 is 14.3 Å². The number of pyridine rings is 1. The molecule has 2 aromatic carbocycles. The Morgan fingerprint density at radius 3 is 2.73 bits per heavy atom. The molecule has 4 aromatic rings. The van der Waals surface area contributed by atoms with Gasteiger partial charge in [-0.1, -0.05) is 18.2 Å². The average molecular weight is 612 g/mol. The number of carbonyl (C=O) groups excluding carboxylic acids is 1. The fourth-order valence-electron chi connectivity index (χ4n) is 6.51. The van der Waals surface area contributed by atoms with Crippen LogP contribution >= 0.6 is 11.8 Å². The van der Waals surface area contributed by atoms with E-state index < -0.39 is 0 Å². The first-order chi connectivity index (χ1) is 21.5. The predicted molar refractivity (Wildman–Crippen MR) is 172 cm³/mol. The number of hydrogen-bond donors (Lipinski definition) is 1. The van der Waals surface area contributed by atoms with Crippen molar-refractivity contribution in [3.8, 4) is 5.75 Å². The van der Waals surface area contributed by atoms with E-state index in [-0.39, 0.29) is 35.0 Å². The number of thioether (sulfide) groups is 1. The van der Waals surface area contributed by atoms with Crippen molar-refractivity contribution in [1.29, 1.82) is 0 Å². The van der Waals surface area contributed by atoms with Gasteiger partial charge in [0.2, 0.25) is 5.95 Å². The highest BCUT2D eigenvalue weighted by atomic mass is 32.2. The van der Waals surface area contributed by atoms with E-state index in [1.54, 1.807) is 28.6 Å². The number of hydrogen-bond acceptors (Lipinski definition) is 9. The highest BCUT2D eigenvalue weighted by molar-refractivity contribution is 7.99. The summed E-state index contributed by atoms with van der Waals surface area (Å²) in [7, 11) is 2.13. The van der Waals surface area contributed by atoms with E-state index in [0.29, 0.717) is 55.2 Å². The van der Waals surface area contributed by atoms with E-state index in [1.165, 1.54) is 10.5 Å². The standard InChI is InChI=1S/C34H37N5O4S/c1-38-14-4-6-28(20-38)43-27-10-8-25(9-11-27)36-34-35-19-24-18-29(31(40)22-12-15-42-16-13-22)33(41)39(32(24)37-34)26-17-23-5-2-3-7-30(23)44-21-26/h2-3,5,7-11,18-19,22,26,28H,4,6,12-17,20-21H2,1H3,(H,35,36,37). The number of anilines is 2. The average Bonchev–Trinajstić information content (AvgIpc) is 3.05. The molecule has 0 radical (unpaired) electrons. The van der Waals surface area contributed by atoms with Crippen molar-refractivity contribution in [3.63, 3.8) is 0 Å². The van der Waals surface area contributed by atoms with Crippen LogP contribution in [0.3, 0.4) is 0 Å². The number of ether oxygens (including phenoxy) is 2.